The summed E-state index contributed by atoms with van der Waals surface area (Å²) in [6, 6.07) is 3.33. The van der Waals surface area contributed by atoms with Crippen molar-refractivity contribution in [2.75, 3.05) is 5.75 Å². The molecule has 2 aromatic rings. The van der Waals surface area contributed by atoms with Crippen LogP contribution in [0, 0.1) is 0 Å². The molecule has 0 saturated carbocycles. The zero-order valence-electron chi connectivity index (χ0n) is 12.1. The van der Waals surface area contributed by atoms with Crippen molar-refractivity contribution in [2.45, 2.75) is 18.0 Å². The van der Waals surface area contributed by atoms with Crippen LogP contribution in [0.15, 0.2) is 48.2 Å². The Morgan fingerprint density at radius 1 is 1.48 bits per heavy atom. The van der Waals surface area contributed by atoms with Crippen molar-refractivity contribution in [1.29, 1.82) is 0 Å². The lowest BCUT2D eigenvalue weighted by Crippen LogP contribution is -2.68. The Morgan fingerprint density at radius 3 is 3.09 bits per heavy atom. The SMILES string of the molecule is NC1C(=O)N2C(C(=O)O)=C(C[n+]3ccn4cccc4c3)CS[C@@H]12. The maximum atomic E-state index is 11.9. The van der Waals surface area contributed by atoms with Gasteiger partial charge in [0.2, 0.25) is 5.91 Å². The van der Waals surface area contributed by atoms with Crippen LogP contribution in [-0.2, 0) is 16.1 Å². The molecule has 0 aliphatic carbocycles. The number of aliphatic carboxylic acids is 1. The van der Waals surface area contributed by atoms with Crippen molar-refractivity contribution in [3.8, 4) is 0 Å². The summed E-state index contributed by atoms with van der Waals surface area (Å²) >= 11 is 1.52. The molecule has 2 aromatic heterocycles. The molecule has 4 heterocycles. The van der Waals surface area contributed by atoms with E-state index in [-0.39, 0.29) is 17.0 Å². The number of carbonyl (C=O) groups is 2. The van der Waals surface area contributed by atoms with E-state index in [1.165, 1.54) is 16.7 Å². The Kier molecular flexibility index (Phi) is 3.17. The molecule has 118 valence electrons. The molecule has 23 heavy (non-hydrogen) atoms. The minimum atomic E-state index is -1.07. The Bertz CT molecular complexity index is 859. The first-order chi connectivity index (χ1) is 11.1. The molecule has 0 aromatic carbocycles. The fourth-order valence-corrected chi connectivity index (χ4v) is 4.32. The summed E-state index contributed by atoms with van der Waals surface area (Å²) < 4.78 is 3.91. The average molecular weight is 331 g/mol. The number of aromatic nitrogens is 2. The number of carboxylic acid groups (broad SMARTS) is 1. The number of nitrogens with two attached hydrogens (primary N) is 1. The predicted molar refractivity (Wildman–Crippen MR) is 83.3 cm³/mol. The van der Waals surface area contributed by atoms with Crippen LogP contribution in [-0.4, -0.2) is 43.5 Å². The zero-order valence-corrected chi connectivity index (χ0v) is 12.9. The second kappa shape index (κ2) is 5.10. The van der Waals surface area contributed by atoms with Crippen LogP contribution in [0.1, 0.15) is 0 Å². The molecule has 8 heteroatoms. The maximum Gasteiger partial charge on any atom is 0.352 e. The summed E-state index contributed by atoms with van der Waals surface area (Å²) in [6.07, 6.45) is 7.70. The lowest BCUT2D eigenvalue weighted by atomic mass is 10.0. The van der Waals surface area contributed by atoms with Crippen molar-refractivity contribution in [3.05, 3.63) is 48.2 Å². The Labute approximate surface area is 136 Å². The van der Waals surface area contributed by atoms with Crippen LogP contribution in [0.25, 0.3) is 5.52 Å². The van der Waals surface area contributed by atoms with Crippen LogP contribution in [0.3, 0.4) is 0 Å². The molecule has 1 unspecified atom stereocenters. The van der Waals surface area contributed by atoms with Crippen LogP contribution in [0.2, 0.25) is 0 Å². The van der Waals surface area contributed by atoms with Gasteiger partial charge in [-0.2, -0.15) is 4.57 Å². The molecule has 1 fully saturated rings. The van der Waals surface area contributed by atoms with Gasteiger partial charge in [0.15, 0.2) is 18.9 Å². The number of thioether (sulfide) groups is 1. The highest BCUT2D eigenvalue weighted by Gasteiger charge is 2.52. The van der Waals surface area contributed by atoms with Gasteiger partial charge in [-0.1, -0.05) is 0 Å². The van der Waals surface area contributed by atoms with Gasteiger partial charge in [-0.05, 0) is 12.1 Å². The second-order valence-electron chi connectivity index (χ2n) is 5.63. The average Bonchev–Trinajstić information content (AvgIpc) is 3.01. The standard InChI is InChI=1S/C15H14N4O3S/c16-11-13(20)19-12(15(21)22)9(8-23-14(11)19)6-17-4-5-18-3-1-2-10(18)7-17/h1-5,7,11,14H,6,8,16H2/p+1/t11?,14-/m0/s1. The molecule has 1 saturated heterocycles. The van der Waals surface area contributed by atoms with Gasteiger partial charge in [0.25, 0.3) is 0 Å². The highest BCUT2D eigenvalue weighted by Crippen LogP contribution is 2.39. The maximum absolute atomic E-state index is 11.9. The van der Waals surface area contributed by atoms with Crippen LogP contribution in [0.5, 0.6) is 0 Å². The lowest BCUT2D eigenvalue weighted by molar-refractivity contribution is -0.688. The second-order valence-corrected chi connectivity index (χ2v) is 6.74. The third-order valence-electron chi connectivity index (χ3n) is 4.19. The highest BCUT2D eigenvalue weighted by molar-refractivity contribution is 8.00. The number of fused-ring (bicyclic) bond motifs is 2. The predicted octanol–water partition coefficient (Wildman–Crippen LogP) is -0.192. The van der Waals surface area contributed by atoms with E-state index in [1.54, 1.807) is 0 Å². The molecule has 3 N–H and O–H groups in total. The molecule has 1 amide bonds. The van der Waals surface area contributed by atoms with Gasteiger partial charge < -0.3 is 15.2 Å². The molecule has 7 nitrogen and oxygen atoms in total. The fourth-order valence-electron chi connectivity index (χ4n) is 3.04. The van der Waals surface area contributed by atoms with Gasteiger partial charge in [-0.25, -0.2) is 4.79 Å². The summed E-state index contributed by atoms with van der Waals surface area (Å²) in [6.45, 7) is 0.433. The van der Waals surface area contributed by atoms with Crippen LogP contribution < -0.4 is 10.3 Å². The number of rotatable bonds is 3. The van der Waals surface area contributed by atoms with Crippen molar-refractivity contribution >= 4 is 29.2 Å². The summed E-state index contributed by atoms with van der Waals surface area (Å²) in [4.78, 5) is 24.9. The van der Waals surface area contributed by atoms with Crippen LogP contribution in [0.4, 0.5) is 0 Å². The number of hydrogen-bond donors (Lipinski definition) is 2. The van der Waals surface area contributed by atoms with Crippen LogP contribution >= 0.6 is 11.8 Å². The number of β-lactam (4-membered cyclic amide) rings is 1. The largest absolute Gasteiger partial charge is 0.477 e. The Balaban J connectivity index is 1.70. The third kappa shape index (κ3) is 2.13. The smallest absolute Gasteiger partial charge is 0.352 e. The first-order valence-electron chi connectivity index (χ1n) is 7.17. The quantitative estimate of drug-likeness (QED) is 0.601. The monoisotopic (exact) mass is 331 g/mol. The summed E-state index contributed by atoms with van der Waals surface area (Å²) in [5, 5.41) is 9.28. The lowest BCUT2D eigenvalue weighted by Gasteiger charge is -2.47. The molecule has 2 aliphatic rings. The van der Waals surface area contributed by atoms with Gasteiger partial charge in [0.05, 0.1) is 6.20 Å². The van der Waals surface area contributed by atoms with E-state index in [0.717, 1.165) is 11.1 Å². The van der Waals surface area contributed by atoms with E-state index in [4.69, 9.17) is 5.73 Å². The van der Waals surface area contributed by atoms with Gasteiger partial charge in [-0.15, -0.1) is 11.8 Å². The van der Waals surface area contributed by atoms with E-state index < -0.39 is 12.0 Å². The van der Waals surface area contributed by atoms with Gasteiger partial charge in [-0.3, -0.25) is 9.69 Å². The van der Waals surface area contributed by atoms with E-state index >= 15 is 0 Å². The summed E-state index contributed by atoms with van der Waals surface area (Å²) in [7, 11) is 0. The molecule has 4 rings (SSSR count). The molecule has 0 bridgehead atoms. The van der Waals surface area contributed by atoms with Gasteiger partial charge in [0.1, 0.15) is 22.6 Å². The Morgan fingerprint density at radius 2 is 2.30 bits per heavy atom. The number of amides is 1. The van der Waals surface area contributed by atoms with Crippen molar-refractivity contribution in [3.63, 3.8) is 0 Å². The number of nitrogens with zero attached hydrogens (tertiary/aromatic N) is 3. The van der Waals surface area contributed by atoms with E-state index in [0.29, 0.717) is 12.3 Å². The number of carboxylic acids is 1. The van der Waals surface area contributed by atoms with Crippen molar-refractivity contribution in [2.24, 2.45) is 5.73 Å². The molecular formula is C15H15N4O3S+. The van der Waals surface area contributed by atoms with E-state index in [2.05, 4.69) is 0 Å². The number of carbonyl (C=O) groups excluding carboxylic acids is 1. The van der Waals surface area contributed by atoms with Crippen molar-refractivity contribution in [1.82, 2.24) is 9.30 Å². The normalized spacial score (nSPS) is 23.9. The third-order valence-corrected chi connectivity index (χ3v) is 5.55. The molecule has 0 radical (unpaired) electrons. The minimum Gasteiger partial charge on any atom is -0.477 e. The molecular weight excluding hydrogens is 316 g/mol. The first kappa shape index (κ1) is 14.3. The minimum absolute atomic E-state index is 0.0863. The zero-order chi connectivity index (χ0) is 16.1. The molecule has 2 aliphatic heterocycles. The Hall–Kier alpha value is -2.32. The summed E-state index contributed by atoms with van der Waals surface area (Å²) in [5.74, 6) is -0.831. The first-order valence-corrected chi connectivity index (χ1v) is 8.22. The molecule has 2 atom stereocenters. The fraction of sp³-hybridized carbons (Fsp3) is 0.267. The van der Waals surface area contributed by atoms with E-state index in [9.17, 15) is 14.7 Å². The highest BCUT2D eigenvalue weighted by atomic mass is 32.2. The number of hydrogen-bond acceptors (Lipinski definition) is 4. The van der Waals surface area contributed by atoms with Gasteiger partial charge >= 0.3 is 5.97 Å². The van der Waals surface area contributed by atoms with Gasteiger partial charge in [0, 0.05) is 17.5 Å². The topological polar surface area (TPSA) is 91.9 Å². The van der Waals surface area contributed by atoms with E-state index in [1.807, 2.05) is 45.9 Å². The van der Waals surface area contributed by atoms with Crippen molar-refractivity contribution < 1.29 is 19.3 Å². The summed E-state index contributed by atoms with van der Waals surface area (Å²) in [5.41, 5.74) is 7.58. The molecule has 0 spiro atoms.